The first kappa shape index (κ1) is 17.6. The zero-order valence-electron chi connectivity index (χ0n) is 13.4. The van der Waals surface area contributed by atoms with Gasteiger partial charge < -0.3 is 19.8 Å². The molecule has 2 aromatic heterocycles. The van der Waals surface area contributed by atoms with E-state index in [1.54, 1.807) is 18.7 Å². The zero-order chi connectivity index (χ0) is 17.0. The number of hydrogen-bond donors (Lipinski definition) is 2. The van der Waals surface area contributed by atoms with E-state index in [9.17, 15) is 15.0 Å². The van der Waals surface area contributed by atoms with Gasteiger partial charge in [-0.15, -0.1) is 11.3 Å². The Labute approximate surface area is 138 Å². The van der Waals surface area contributed by atoms with Gasteiger partial charge in [0.1, 0.15) is 21.9 Å². The number of ether oxygens (including phenoxy) is 1. The number of aliphatic hydroxyl groups is 2. The van der Waals surface area contributed by atoms with Gasteiger partial charge in [0.2, 0.25) is 0 Å². The number of esters is 1. The molecule has 2 heterocycles. The van der Waals surface area contributed by atoms with Gasteiger partial charge in [-0.05, 0) is 26.3 Å². The van der Waals surface area contributed by atoms with Crippen molar-refractivity contribution in [3.8, 4) is 0 Å². The second kappa shape index (κ2) is 7.67. The van der Waals surface area contributed by atoms with Crippen molar-refractivity contribution in [3.63, 3.8) is 0 Å². The summed E-state index contributed by atoms with van der Waals surface area (Å²) in [7, 11) is 0. The highest BCUT2D eigenvalue weighted by molar-refractivity contribution is 7.20. The van der Waals surface area contributed by atoms with E-state index in [0.29, 0.717) is 28.6 Å². The molecule has 0 aromatic carbocycles. The summed E-state index contributed by atoms with van der Waals surface area (Å²) in [6, 6.07) is 0. The first-order chi connectivity index (χ1) is 11.0. The van der Waals surface area contributed by atoms with Crippen LogP contribution in [0.25, 0.3) is 10.2 Å². The summed E-state index contributed by atoms with van der Waals surface area (Å²) in [6.45, 7) is 6.00. The Morgan fingerprint density at radius 3 is 2.52 bits per heavy atom. The maximum atomic E-state index is 12.2. The normalized spacial score (nSPS) is 11.2. The van der Waals surface area contributed by atoms with Gasteiger partial charge in [-0.2, -0.15) is 0 Å². The van der Waals surface area contributed by atoms with Crippen LogP contribution in [-0.2, 0) is 4.74 Å². The number of aliphatic hydroxyl groups excluding tert-OH is 2. The quantitative estimate of drug-likeness (QED) is 0.735. The molecule has 0 spiro atoms. The topological polar surface area (TPSA) is 95.8 Å². The Hall–Kier alpha value is -1.77. The molecule has 0 aliphatic carbocycles. The lowest BCUT2D eigenvalue weighted by molar-refractivity contribution is 0.0383. The lowest BCUT2D eigenvalue weighted by Gasteiger charge is -2.22. The van der Waals surface area contributed by atoms with E-state index in [4.69, 9.17) is 4.74 Å². The summed E-state index contributed by atoms with van der Waals surface area (Å²) in [4.78, 5) is 23.7. The standard InChI is InChI=1S/C15H21N3O4S/c1-9(2)22-15(21)12-10(3)11-13(16-8-17-14(11)23-12)18(4-6-19)5-7-20/h8-9,19-20H,4-7H2,1-3H3. The van der Waals surface area contributed by atoms with Crippen LogP contribution in [-0.4, -0.2) is 58.6 Å². The molecule has 0 amide bonds. The molecular weight excluding hydrogens is 318 g/mol. The number of carbonyl (C=O) groups excluding carboxylic acids is 1. The van der Waals surface area contributed by atoms with Crippen LogP contribution in [0.1, 0.15) is 29.1 Å². The maximum Gasteiger partial charge on any atom is 0.348 e. The smallest absolute Gasteiger partial charge is 0.348 e. The van der Waals surface area contributed by atoms with Gasteiger partial charge in [0.05, 0.1) is 24.7 Å². The van der Waals surface area contributed by atoms with Crippen molar-refractivity contribution in [2.45, 2.75) is 26.9 Å². The molecule has 0 aliphatic rings. The van der Waals surface area contributed by atoms with Gasteiger partial charge >= 0.3 is 5.97 Å². The third-order valence-corrected chi connectivity index (χ3v) is 4.45. The van der Waals surface area contributed by atoms with Gasteiger partial charge in [-0.1, -0.05) is 0 Å². The molecule has 2 rings (SSSR count). The minimum Gasteiger partial charge on any atom is -0.459 e. The SMILES string of the molecule is Cc1c(C(=O)OC(C)C)sc2ncnc(N(CCO)CCO)c12. The van der Waals surface area contributed by atoms with Crippen molar-refractivity contribution in [1.29, 1.82) is 0 Å². The fourth-order valence-electron chi connectivity index (χ4n) is 2.32. The van der Waals surface area contributed by atoms with Crippen LogP contribution in [0, 0.1) is 6.92 Å². The van der Waals surface area contributed by atoms with Gasteiger partial charge in [-0.25, -0.2) is 14.8 Å². The van der Waals surface area contributed by atoms with E-state index < -0.39 is 0 Å². The van der Waals surface area contributed by atoms with Crippen molar-refractivity contribution in [2.75, 3.05) is 31.2 Å². The maximum absolute atomic E-state index is 12.2. The number of carbonyl (C=O) groups is 1. The molecule has 0 unspecified atom stereocenters. The van der Waals surface area contributed by atoms with Gasteiger partial charge in [0.25, 0.3) is 0 Å². The minimum absolute atomic E-state index is 0.0586. The number of rotatable bonds is 7. The first-order valence-electron chi connectivity index (χ1n) is 7.41. The van der Waals surface area contributed by atoms with E-state index in [0.717, 1.165) is 10.9 Å². The Bertz CT molecular complexity index is 681. The molecule has 0 fully saturated rings. The molecule has 0 saturated carbocycles. The monoisotopic (exact) mass is 339 g/mol. The molecule has 8 heteroatoms. The highest BCUT2D eigenvalue weighted by Gasteiger charge is 2.23. The summed E-state index contributed by atoms with van der Waals surface area (Å²) < 4.78 is 5.27. The van der Waals surface area contributed by atoms with Gasteiger partial charge in [0.15, 0.2) is 0 Å². The van der Waals surface area contributed by atoms with E-state index >= 15 is 0 Å². The third-order valence-electron chi connectivity index (χ3n) is 3.27. The number of thiophene rings is 1. The van der Waals surface area contributed by atoms with Crippen LogP contribution in [0.3, 0.4) is 0 Å². The van der Waals surface area contributed by atoms with Crippen LogP contribution in [0.15, 0.2) is 6.33 Å². The van der Waals surface area contributed by atoms with Crippen molar-refractivity contribution in [3.05, 3.63) is 16.8 Å². The summed E-state index contributed by atoms with van der Waals surface area (Å²) in [5.41, 5.74) is 0.757. The van der Waals surface area contributed by atoms with E-state index in [1.165, 1.54) is 17.7 Å². The average Bonchev–Trinajstić information content (AvgIpc) is 2.84. The summed E-state index contributed by atoms with van der Waals surface area (Å²) in [5.74, 6) is 0.234. The van der Waals surface area contributed by atoms with Crippen molar-refractivity contribution >= 4 is 33.3 Å². The van der Waals surface area contributed by atoms with Crippen molar-refractivity contribution in [2.24, 2.45) is 0 Å². The predicted octanol–water partition coefficient (Wildman–Crippen LogP) is 1.36. The van der Waals surface area contributed by atoms with Crippen LogP contribution < -0.4 is 4.90 Å². The molecule has 126 valence electrons. The fraction of sp³-hybridized carbons (Fsp3) is 0.533. The third kappa shape index (κ3) is 3.77. The molecule has 0 radical (unpaired) electrons. The Morgan fingerprint density at radius 2 is 1.96 bits per heavy atom. The van der Waals surface area contributed by atoms with Crippen LogP contribution in [0.2, 0.25) is 0 Å². The highest BCUT2D eigenvalue weighted by atomic mass is 32.1. The molecule has 7 nitrogen and oxygen atoms in total. The summed E-state index contributed by atoms with van der Waals surface area (Å²) in [6.07, 6.45) is 1.23. The highest BCUT2D eigenvalue weighted by Crippen LogP contribution is 2.35. The second-order valence-corrected chi connectivity index (χ2v) is 6.32. The van der Waals surface area contributed by atoms with Crippen LogP contribution >= 0.6 is 11.3 Å². The molecule has 0 aliphatic heterocycles. The zero-order valence-corrected chi connectivity index (χ0v) is 14.3. The molecular formula is C15H21N3O4S. The molecule has 23 heavy (non-hydrogen) atoms. The number of aromatic nitrogens is 2. The van der Waals surface area contributed by atoms with E-state index in [2.05, 4.69) is 9.97 Å². The molecule has 0 atom stereocenters. The van der Waals surface area contributed by atoms with Crippen LogP contribution in [0.4, 0.5) is 5.82 Å². The number of aryl methyl sites for hydroxylation is 1. The van der Waals surface area contributed by atoms with Gasteiger partial charge in [-0.3, -0.25) is 0 Å². The average molecular weight is 339 g/mol. The number of hydrogen-bond acceptors (Lipinski definition) is 8. The minimum atomic E-state index is -0.373. The molecule has 2 N–H and O–H groups in total. The van der Waals surface area contributed by atoms with Gasteiger partial charge in [0, 0.05) is 13.1 Å². The molecule has 0 bridgehead atoms. The molecule has 2 aromatic rings. The number of nitrogens with zero attached hydrogens (tertiary/aromatic N) is 3. The molecule has 0 saturated heterocycles. The van der Waals surface area contributed by atoms with Crippen LogP contribution in [0.5, 0.6) is 0 Å². The number of anilines is 1. The Balaban J connectivity index is 2.51. The summed E-state index contributed by atoms with van der Waals surface area (Å²) >= 11 is 1.26. The largest absolute Gasteiger partial charge is 0.459 e. The predicted molar refractivity (Wildman–Crippen MR) is 89.1 cm³/mol. The van der Waals surface area contributed by atoms with E-state index in [-0.39, 0.29) is 25.3 Å². The summed E-state index contributed by atoms with van der Waals surface area (Å²) in [5, 5.41) is 19.2. The Kier molecular flexibility index (Phi) is 5.86. The fourth-order valence-corrected chi connectivity index (χ4v) is 3.35. The number of fused-ring (bicyclic) bond motifs is 1. The Morgan fingerprint density at radius 1 is 1.30 bits per heavy atom. The lowest BCUT2D eigenvalue weighted by Crippen LogP contribution is -2.30. The second-order valence-electron chi connectivity index (χ2n) is 5.32. The van der Waals surface area contributed by atoms with Crippen molar-refractivity contribution < 1.29 is 19.7 Å². The first-order valence-corrected chi connectivity index (χ1v) is 8.23. The van der Waals surface area contributed by atoms with E-state index in [1.807, 2.05) is 6.92 Å². The van der Waals surface area contributed by atoms with Crippen molar-refractivity contribution in [1.82, 2.24) is 9.97 Å². The lowest BCUT2D eigenvalue weighted by atomic mass is 10.2.